The third-order valence-electron chi connectivity index (χ3n) is 3.56. The molecule has 1 aliphatic heterocycles. The molecule has 0 spiro atoms. The summed E-state index contributed by atoms with van der Waals surface area (Å²) >= 11 is 0. The number of nitrogens with zero attached hydrogens (tertiary/aromatic N) is 1. The third kappa shape index (κ3) is 3.65. The second-order valence-electron chi connectivity index (χ2n) is 4.89. The van der Waals surface area contributed by atoms with E-state index in [2.05, 4.69) is 5.32 Å². The van der Waals surface area contributed by atoms with E-state index < -0.39 is 6.04 Å². The Morgan fingerprint density at radius 1 is 1.29 bits per heavy atom. The van der Waals surface area contributed by atoms with Crippen LogP contribution >= 0.6 is 0 Å². The van der Waals surface area contributed by atoms with Crippen LogP contribution in [0.15, 0.2) is 24.3 Å². The SMILES string of the molecule is COC(=O)[C@H]1CCCCN1C(=O)Nc1cccc(OC)c1. The lowest BCUT2D eigenvalue weighted by Gasteiger charge is -2.33. The maximum Gasteiger partial charge on any atom is 0.328 e. The minimum absolute atomic E-state index is 0.293. The molecule has 21 heavy (non-hydrogen) atoms. The Morgan fingerprint density at radius 2 is 2.10 bits per heavy atom. The molecule has 1 saturated heterocycles. The molecule has 1 fully saturated rings. The number of urea groups is 1. The van der Waals surface area contributed by atoms with Gasteiger partial charge < -0.3 is 19.7 Å². The number of ether oxygens (including phenoxy) is 2. The van der Waals surface area contributed by atoms with Crippen LogP contribution in [0.2, 0.25) is 0 Å². The Balaban J connectivity index is 2.08. The molecule has 0 bridgehead atoms. The van der Waals surface area contributed by atoms with Gasteiger partial charge in [-0.15, -0.1) is 0 Å². The fourth-order valence-corrected chi connectivity index (χ4v) is 2.45. The predicted molar refractivity (Wildman–Crippen MR) is 78.4 cm³/mol. The van der Waals surface area contributed by atoms with Crippen molar-refractivity contribution in [3.8, 4) is 5.75 Å². The number of benzene rings is 1. The highest BCUT2D eigenvalue weighted by Gasteiger charge is 2.32. The molecule has 1 atom stereocenters. The molecule has 1 aliphatic rings. The van der Waals surface area contributed by atoms with Crippen LogP contribution in [-0.4, -0.2) is 43.7 Å². The van der Waals surface area contributed by atoms with E-state index in [1.165, 1.54) is 12.0 Å². The number of piperidine rings is 1. The zero-order valence-electron chi connectivity index (χ0n) is 12.3. The van der Waals surface area contributed by atoms with Crippen LogP contribution in [0.5, 0.6) is 5.75 Å². The molecule has 0 saturated carbocycles. The molecule has 1 heterocycles. The fraction of sp³-hybridized carbons (Fsp3) is 0.467. The molecule has 0 radical (unpaired) electrons. The van der Waals surface area contributed by atoms with Gasteiger partial charge in [-0.2, -0.15) is 0 Å². The number of likely N-dealkylation sites (tertiary alicyclic amines) is 1. The minimum Gasteiger partial charge on any atom is -0.497 e. The number of hydrogen-bond donors (Lipinski definition) is 1. The number of carbonyl (C=O) groups is 2. The quantitative estimate of drug-likeness (QED) is 0.868. The molecule has 6 heteroatoms. The Labute approximate surface area is 124 Å². The lowest BCUT2D eigenvalue weighted by Crippen LogP contribution is -2.50. The Morgan fingerprint density at radius 3 is 2.81 bits per heavy atom. The van der Waals surface area contributed by atoms with E-state index in [-0.39, 0.29) is 12.0 Å². The smallest absolute Gasteiger partial charge is 0.328 e. The first-order chi connectivity index (χ1) is 10.2. The molecule has 0 aliphatic carbocycles. The normalized spacial score (nSPS) is 18.0. The maximum atomic E-state index is 12.4. The summed E-state index contributed by atoms with van der Waals surface area (Å²) in [6.07, 6.45) is 2.44. The van der Waals surface area contributed by atoms with E-state index in [1.54, 1.807) is 31.4 Å². The average Bonchev–Trinajstić information content (AvgIpc) is 2.54. The zero-order chi connectivity index (χ0) is 15.2. The molecule has 0 unspecified atom stereocenters. The van der Waals surface area contributed by atoms with Gasteiger partial charge in [0.25, 0.3) is 0 Å². The van der Waals surface area contributed by atoms with Crippen LogP contribution in [0.1, 0.15) is 19.3 Å². The summed E-state index contributed by atoms with van der Waals surface area (Å²) < 4.78 is 9.90. The van der Waals surface area contributed by atoms with E-state index in [1.807, 2.05) is 0 Å². The summed E-state index contributed by atoms with van der Waals surface area (Å²) in [5, 5.41) is 2.79. The van der Waals surface area contributed by atoms with Crippen molar-refractivity contribution in [1.82, 2.24) is 4.90 Å². The van der Waals surface area contributed by atoms with Crippen molar-refractivity contribution in [1.29, 1.82) is 0 Å². The Bertz CT molecular complexity index is 518. The lowest BCUT2D eigenvalue weighted by molar-refractivity contribution is -0.146. The highest BCUT2D eigenvalue weighted by Crippen LogP contribution is 2.21. The van der Waals surface area contributed by atoms with Crippen molar-refractivity contribution in [2.24, 2.45) is 0 Å². The van der Waals surface area contributed by atoms with Crippen molar-refractivity contribution in [2.75, 3.05) is 26.1 Å². The largest absolute Gasteiger partial charge is 0.497 e. The van der Waals surface area contributed by atoms with Crippen LogP contribution in [0.4, 0.5) is 10.5 Å². The molecule has 1 aromatic rings. The van der Waals surface area contributed by atoms with E-state index in [0.29, 0.717) is 24.4 Å². The molecule has 6 nitrogen and oxygen atoms in total. The van der Waals surface area contributed by atoms with Crippen LogP contribution < -0.4 is 10.1 Å². The summed E-state index contributed by atoms with van der Waals surface area (Å²) in [4.78, 5) is 25.7. The summed E-state index contributed by atoms with van der Waals surface area (Å²) in [5.41, 5.74) is 0.633. The second-order valence-corrected chi connectivity index (χ2v) is 4.89. The number of nitrogens with one attached hydrogen (secondary N) is 1. The van der Waals surface area contributed by atoms with Gasteiger partial charge in [0.2, 0.25) is 0 Å². The molecule has 1 aromatic carbocycles. The highest BCUT2D eigenvalue weighted by molar-refractivity contribution is 5.92. The van der Waals surface area contributed by atoms with Crippen LogP contribution in [-0.2, 0) is 9.53 Å². The molecular weight excluding hydrogens is 272 g/mol. The Hall–Kier alpha value is -2.24. The minimum atomic E-state index is -0.505. The molecule has 0 aromatic heterocycles. The maximum absolute atomic E-state index is 12.4. The summed E-state index contributed by atoms with van der Waals surface area (Å²) in [5.74, 6) is 0.298. The number of amides is 2. The van der Waals surface area contributed by atoms with Gasteiger partial charge >= 0.3 is 12.0 Å². The highest BCUT2D eigenvalue weighted by atomic mass is 16.5. The van der Waals surface area contributed by atoms with Crippen LogP contribution in [0, 0.1) is 0 Å². The topological polar surface area (TPSA) is 67.9 Å². The van der Waals surface area contributed by atoms with E-state index in [4.69, 9.17) is 9.47 Å². The van der Waals surface area contributed by atoms with E-state index in [0.717, 1.165) is 12.8 Å². The van der Waals surface area contributed by atoms with Crippen molar-refractivity contribution in [3.63, 3.8) is 0 Å². The van der Waals surface area contributed by atoms with Crippen molar-refractivity contribution in [2.45, 2.75) is 25.3 Å². The first-order valence-electron chi connectivity index (χ1n) is 6.95. The van der Waals surface area contributed by atoms with Gasteiger partial charge in [0.1, 0.15) is 11.8 Å². The molecule has 2 rings (SSSR count). The average molecular weight is 292 g/mol. The Kier molecular flexibility index (Phi) is 5.03. The molecule has 114 valence electrons. The summed E-state index contributed by atoms with van der Waals surface area (Å²) in [6.45, 7) is 0.551. The molecule has 2 amide bonds. The third-order valence-corrected chi connectivity index (χ3v) is 3.56. The summed E-state index contributed by atoms with van der Waals surface area (Å²) in [6, 6.07) is 6.30. The van der Waals surface area contributed by atoms with Gasteiger partial charge in [0, 0.05) is 18.3 Å². The monoisotopic (exact) mass is 292 g/mol. The van der Waals surface area contributed by atoms with Crippen molar-refractivity contribution >= 4 is 17.7 Å². The van der Waals surface area contributed by atoms with Gasteiger partial charge in [0.15, 0.2) is 0 Å². The number of carbonyl (C=O) groups excluding carboxylic acids is 2. The van der Waals surface area contributed by atoms with Crippen molar-refractivity contribution in [3.05, 3.63) is 24.3 Å². The standard InChI is InChI=1S/C15H20N2O4/c1-20-12-7-5-6-11(10-12)16-15(19)17-9-4-3-8-13(17)14(18)21-2/h5-7,10,13H,3-4,8-9H2,1-2H3,(H,16,19)/t13-/m1/s1. The first kappa shape index (κ1) is 15.2. The summed E-state index contributed by atoms with van der Waals surface area (Å²) in [7, 11) is 2.91. The second kappa shape index (κ2) is 6.97. The van der Waals surface area contributed by atoms with E-state index in [9.17, 15) is 9.59 Å². The van der Waals surface area contributed by atoms with Crippen molar-refractivity contribution < 1.29 is 19.1 Å². The predicted octanol–water partition coefficient (Wildman–Crippen LogP) is 2.25. The number of methoxy groups -OCH3 is 2. The van der Waals surface area contributed by atoms with Gasteiger partial charge in [-0.25, -0.2) is 9.59 Å². The van der Waals surface area contributed by atoms with Gasteiger partial charge in [0.05, 0.1) is 14.2 Å². The van der Waals surface area contributed by atoms with Crippen LogP contribution in [0.25, 0.3) is 0 Å². The lowest BCUT2D eigenvalue weighted by atomic mass is 10.0. The number of rotatable bonds is 3. The number of esters is 1. The zero-order valence-corrected chi connectivity index (χ0v) is 12.3. The molecule has 1 N–H and O–H groups in total. The first-order valence-corrected chi connectivity index (χ1v) is 6.95. The van der Waals surface area contributed by atoms with Gasteiger partial charge in [-0.1, -0.05) is 6.07 Å². The van der Waals surface area contributed by atoms with E-state index >= 15 is 0 Å². The fourth-order valence-electron chi connectivity index (χ4n) is 2.45. The van der Waals surface area contributed by atoms with Crippen LogP contribution in [0.3, 0.4) is 0 Å². The number of hydrogen-bond acceptors (Lipinski definition) is 4. The number of anilines is 1. The molecular formula is C15H20N2O4. The van der Waals surface area contributed by atoms with Gasteiger partial charge in [-0.05, 0) is 31.4 Å². The van der Waals surface area contributed by atoms with Gasteiger partial charge in [-0.3, -0.25) is 0 Å².